The van der Waals surface area contributed by atoms with Crippen LogP contribution >= 0.6 is 43.2 Å². The van der Waals surface area contributed by atoms with Crippen molar-refractivity contribution in [3.63, 3.8) is 0 Å². The monoisotopic (exact) mass is 459 g/mol. The summed E-state index contributed by atoms with van der Waals surface area (Å²) >= 11 is 7.97. The molecule has 1 amide bonds. The minimum absolute atomic E-state index is 0.166. The molecule has 0 fully saturated rings. The third-order valence-corrected chi connectivity index (χ3v) is 6.18. The number of aryl methyl sites for hydroxylation is 1. The highest BCUT2D eigenvalue weighted by molar-refractivity contribution is 9.13. The van der Waals surface area contributed by atoms with Gasteiger partial charge in [-0.1, -0.05) is 0 Å². The summed E-state index contributed by atoms with van der Waals surface area (Å²) in [6.45, 7) is 1.66. The van der Waals surface area contributed by atoms with Gasteiger partial charge in [-0.05, 0) is 73.5 Å². The third-order valence-electron chi connectivity index (χ3n) is 2.93. The summed E-state index contributed by atoms with van der Waals surface area (Å²) in [7, 11) is 0. The Morgan fingerprint density at radius 1 is 1.35 bits per heavy atom. The predicted molar refractivity (Wildman–Crippen MR) is 91.5 cm³/mol. The highest BCUT2D eigenvalue weighted by atomic mass is 79.9. The minimum atomic E-state index is -0.486. The number of amides is 1. The van der Waals surface area contributed by atoms with Gasteiger partial charge in [0.05, 0.1) is 8.66 Å². The van der Waals surface area contributed by atoms with Crippen molar-refractivity contribution in [3.8, 4) is 5.69 Å². The number of anilines is 1. The fraction of sp³-hybridized carbons (Fsp3) is 0.0769. The predicted octanol–water partition coefficient (Wildman–Crippen LogP) is 3.95. The molecule has 3 aromatic rings. The SMILES string of the molecule is Cc1nnnn1-c1cc(NC(=O)c2cc(Br)c(Br)s2)ccc1F. The van der Waals surface area contributed by atoms with E-state index in [1.165, 1.54) is 34.2 Å². The van der Waals surface area contributed by atoms with Crippen LogP contribution in [0.1, 0.15) is 15.5 Å². The zero-order valence-electron chi connectivity index (χ0n) is 11.5. The highest BCUT2D eigenvalue weighted by Gasteiger charge is 2.15. The second kappa shape index (κ2) is 6.46. The van der Waals surface area contributed by atoms with Gasteiger partial charge in [0.15, 0.2) is 5.82 Å². The Kier molecular flexibility index (Phi) is 4.55. The quantitative estimate of drug-likeness (QED) is 0.642. The van der Waals surface area contributed by atoms with Crippen LogP contribution in [0.15, 0.2) is 32.5 Å². The molecule has 1 aromatic carbocycles. The lowest BCUT2D eigenvalue weighted by atomic mass is 10.2. The topological polar surface area (TPSA) is 72.7 Å². The van der Waals surface area contributed by atoms with E-state index in [0.717, 1.165) is 8.26 Å². The van der Waals surface area contributed by atoms with Crippen LogP contribution in [-0.4, -0.2) is 26.1 Å². The Labute approximate surface area is 151 Å². The zero-order chi connectivity index (χ0) is 16.6. The van der Waals surface area contributed by atoms with E-state index in [9.17, 15) is 9.18 Å². The van der Waals surface area contributed by atoms with E-state index in [0.29, 0.717) is 16.4 Å². The fourth-order valence-corrected chi connectivity index (χ4v) is 3.79. The lowest BCUT2D eigenvalue weighted by molar-refractivity contribution is 0.103. The molecule has 0 aliphatic carbocycles. The number of nitrogens with one attached hydrogen (secondary N) is 1. The molecule has 118 valence electrons. The first-order valence-electron chi connectivity index (χ1n) is 6.27. The highest BCUT2D eigenvalue weighted by Crippen LogP contribution is 2.32. The molecule has 0 radical (unpaired) electrons. The van der Waals surface area contributed by atoms with Crippen molar-refractivity contribution in [2.24, 2.45) is 0 Å². The number of rotatable bonds is 3. The molecule has 1 N–H and O–H groups in total. The van der Waals surface area contributed by atoms with Gasteiger partial charge >= 0.3 is 0 Å². The van der Waals surface area contributed by atoms with Crippen molar-refractivity contribution in [2.45, 2.75) is 6.92 Å². The second-order valence-electron chi connectivity index (χ2n) is 4.49. The molecule has 0 aliphatic heterocycles. The summed E-state index contributed by atoms with van der Waals surface area (Å²) in [5.41, 5.74) is 0.612. The molecule has 2 heterocycles. The molecule has 0 spiro atoms. The molecule has 0 atom stereocenters. The number of nitrogens with zero attached hydrogens (tertiary/aromatic N) is 4. The van der Waals surface area contributed by atoms with Crippen molar-refractivity contribution in [1.29, 1.82) is 0 Å². The summed E-state index contributed by atoms with van der Waals surface area (Å²) in [5, 5.41) is 13.7. The van der Waals surface area contributed by atoms with E-state index in [4.69, 9.17) is 0 Å². The van der Waals surface area contributed by atoms with E-state index in [2.05, 4.69) is 52.7 Å². The molecule has 0 aliphatic rings. The Bertz CT molecular complexity index is 875. The number of aromatic nitrogens is 4. The molecular formula is C13H8Br2FN5OS. The first kappa shape index (κ1) is 16.2. The van der Waals surface area contributed by atoms with Crippen molar-refractivity contribution >= 4 is 54.8 Å². The Hall–Kier alpha value is -1.65. The van der Waals surface area contributed by atoms with Gasteiger partial charge in [-0.2, -0.15) is 4.68 Å². The molecule has 23 heavy (non-hydrogen) atoms. The van der Waals surface area contributed by atoms with E-state index in [-0.39, 0.29) is 11.6 Å². The van der Waals surface area contributed by atoms with Crippen molar-refractivity contribution in [2.75, 3.05) is 5.32 Å². The maximum Gasteiger partial charge on any atom is 0.265 e. The van der Waals surface area contributed by atoms with Gasteiger partial charge in [0.25, 0.3) is 5.91 Å². The van der Waals surface area contributed by atoms with Gasteiger partial charge in [-0.3, -0.25) is 4.79 Å². The number of hydrogen-bond acceptors (Lipinski definition) is 5. The van der Waals surface area contributed by atoms with Crippen molar-refractivity contribution < 1.29 is 9.18 Å². The summed E-state index contributed by atoms with van der Waals surface area (Å²) in [4.78, 5) is 12.8. The lowest BCUT2D eigenvalue weighted by Crippen LogP contribution is -2.11. The largest absolute Gasteiger partial charge is 0.321 e. The fourth-order valence-electron chi connectivity index (χ4n) is 1.86. The number of carbonyl (C=O) groups excluding carboxylic acids is 1. The number of tetrazole rings is 1. The molecule has 0 saturated heterocycles. The number of benzene rings is 1. The molecular weight excluding hydrogens is 453 g/mol. The second-order valence-corrected chi connectivity index (χ2v) is 7.71. The van der Waals surface area contributed by atoms with Crippen LogP contribution in [-0.2, 0) is 0 Å². The number of hydrogen-bond donors (Lipinski definition) is 1. The van der Waals surface area contributed by atoms with Crippen molar-refractivity contribution in [3.05, 3.63) is 49.0 Å². The van der Waals surface area contributed by atoms with Gasteiger partial charge in [-0.15, -0.1) is 16.4 Å². The third kappa shape index (κ3) is 3.33. The number of halogens is 3. The van der Waals surface area contributed by atoms with Crippen LogP contribution in [0.4, 0.5) is 10.1 Å². The van der Waals surface area contributed by atoms with E-state index in [1.807, 2.05) is 0 Å². The van der Waals surface area contributed by atoms with E-state index in [1.54, 1.807) is 13.0 Å². The first-order valence-corrected chi connectivity index (χ1v) is 8.67. The Morgan fingerprint density at radius 3 is 2.74 bits per heavy atom. The standard InChI is InChI=1S/C13H8Br2FN5OS/c1-6-18-19-20-21(6)10-4-7(2-3-9(10)16)17-13(22)11-5-8(14)12(15)23-11/h2-5H,1H3,(H,17,22). The molecule has 2 aromatic heterocycles. The average molecular weight is 461 g/mol. The lowest BCUT2D eigenvalue weighted by Gasteiger charge is -2.08. The van der Waals surface area contributed by atoms with Gasteiger partial charge < -0.3 is 5.32 Å². The number of thiophene rings is 1. The smallest absolute Gasteiger partial charge is 0.265 e. The normalized spacial score (nSPS) is 10.8. The van der Waals surface area contributed by atoms with Crippen LogP contribution in [0.25, 0.3) is 5.69 Å². The molecule has 6 nitrogen and oxygen atoms in total. The van der Waals surface area contributed by atoms with Gasteiger partial charge in [0.2, 0.25) is 0 Å². The first-order chi connectivity index (χ1) is 11.0. The average Bonchev–Trinajstić information content (AvgIpc) is 3.08. The van der Waals surface area contributed by atoms with Gasteiger partial charge in [0, 0.05) is 10.2 Å². The number of carbonyl (C=O) groups is 1. The zero-order valence-corrected chi connectivity index (χ0v) is 15.5. The summed E-state index contributed by atoms with van der Waals surface area (Å²) < 4.78 is 16.9. The van der Waals surface area contributed by atoms with Crippen LogP contribution in [0.2, 0.25) is 0 Å². The maximum absolute atomic E-state index is 14.0. The van der Waals surface area contributed by atoms with Gasteiger partial charge in [-0.25, -0.2) is 4.39 Å². The van der Waals surface area contributed by atoms with E-state index < -0.39 is 5.82 Å². The molecule has 3 rings (SSSR count). The Balaban J connectivity index is 1.89. The van der Waals surface area contributed by atoms with Crippen molar-refractivity contribution in [1.82, 2.24) is 20.2 Å². The summed E-state index contributed by atoms with van der Waals surface area (Å²) in [6, 6.07) is 5.93. The Morgan fingerprint density at radius 2 is 2.13 bits per heavy atom. The summed E-state index contributed by atoms with van der Waals surface area (Å²) in [5.74, 6) is -0.328. The molecule has 10 heteroatoms. The van der Waals surface area contributed by atoms with Crippen LogP contribution in [0.3, 0.4) is 0 Å². The maximum atomic E-state index is 14.0. The molecule has 0 unspecified atom stereocenters. The van der Waals surface area contributed by atoms with Crippen LogP contribution in [0.5, 0.6) is 0 Å². The van der Waals surface area contributed by atoms with Crippen LogP contribution in [0, 0.1) is 12.7 Å². The van der Waals surface area contributed by atoms with Crippen LogP contribution < -0.4 is 5.32 Å². The summed E-state index contributed by atoms with van der Waals surface area (Å²) in [6.07, 6.45) is 0. The van der Waals surface area contributed by atoms with E-state index >= 15 is 0 Å². The molecule has 0 bridgehead atoms. The molecule has 0 saturated carbocycles. The van der Waals surface area contributed by atoms with Gasteiger partial charge in [0.1, 0.15) is 11.5 Å². The minimum Gasteiger partial charge on any atom is -0.321 e.